The number of nitrogens with one attached hydrogen (secondary N) is 1. The van der Waals surface area contributed by atoms with Gasteiger partial charge in [-0.3, -0.25) is 4.79 Å². The minimum atomic E-state index is -0.333. The number of carbonyl (C=O) groups is 1. The van der Waals surface area contributed by atoms with Crippen LogP contribution in [0, 0.1) is 5.82 Å². The van der Waals surface area contributed by atoms with Crippen molar-refractivity contribution >= 4 is 35.0 Å². The van der Waals surface area contributed by atoms with Crippen LogP contribution in [0.3, 0.4) is 0 Å². The van der Waals surface area contributed by atoms with Gasteiger partial charge >= 0.3 is 0 Å². The van der Waals surface area contributed by atoms with Gasteiger partial charge in [0, 0.05) is 22.0 Å². The summed E-state index contributed by atoms with van der Waals surface area (Å²) in [6.45, 7) is 4.14. The van der Waals surface area contributed by atoms with Gasteiger partial charge in [0.05, 0.1) is 5.75 Å². The fraction of sp³-hybridized carbons (Fsp3) is 0.316. The molecule has 2 rings (SSSR count). The molecule has 0 aliphatic carbocycles. The number of thioether (sulfide) groups is 1. The van der Waals surface area contributed by atoms with E-state index in [1.54, 1.807) is 12.1 Å². The van der Waals surface area contributed by atoms with Crippen LogP contribution >= 0.6 is 23.4 Å². The Morgan fingerprint density at radius 1 is 1.12 bits per heavy atom. The number of amides is 1. The smallest absolute Gasteiger partial charge is 0.234 e. The molecule has 128 valence electrons. The van der Waals surface area contributed by atoms with Crippen molar-refractivity contribution in [3.8, 4) is 0 Å². The van der Waals surface area contributed by atoms with Gasteiger partial charge in [-0.25, -0.2) is 4.39 Å². The van der Waals surface area contributed by atoms with Gasteiger partial charge in [-0.2, -0.15) is 0 Å². The zero-order valence-corrected chi connectivity index (χ0v) is 15.4. The number of anilines is 1. The van der Waals surface area contributed by atoms with Crippen LogP contribution in [0.2, 0.25) is 5.02 Å². The molecule has 5 heteroatoms. The minimum Gasteiger partial charge on any atom is -0.325 e. The second kappa shape index (κ2) is 9.09. The Hall–Kier alpha value is -1.52. The molecule has 0 spiro atoms. The van der Waals surface area contributed by atoms with Crippen LogP contribution in [-0.2, 0) is 23.4 Å². The molecule has 0 atom stereocenters. The SMILES string of the molecule is CCc1cccc(CC)c1NC(=O)CSCc1c(F)cccc1Cl. The lowest BCUT2D eigenvalue weighted by atomic mass is 10.0. The Morgan fingerprint density at radius 3 is 2.33 bits per heavy atom. The molecular weight excluding hydrogens is 345 g/mol. The lowest BCUT2D eigenvalue weighted by Gasteiger charge is -2.14. The Balaban J connectivity index is 1.97. The first kappa shape index (κ1) is 18.8. The number of benzene rings is 2. The predicted octanol–water partition coefficient (Wildman–Crippen LogP) is 5.48. The number of halogens is 2. The fourth-order valence-corrected chi connectivity index (χ4v) is 3.66. The second-order valence-electron chi connectivity index (χ2n) is 5.40. The second-order valence-corrected chi connectivity index (χ2v) is 6.79. The van der Waals surface area contributed by atoms with E-state index < -0.39 is 0 Å². The van der Waals surface area contributed by atoms with Crippen LogP contribution in [0.15, 0.2) is 36.4 Å². The van der Waals surface area contributed by atoms with Gasteiger partial charge in [-0.15, -0.1) is 11.8 Å². The highest BCUT2D eigenvalue weighted by Crippen LogP contribution is 2.25. The molecule has 1 N–H and O–H groups in total. The topological polar surface area (TPSA) is 29.1 Å². The molecule has 0 radical (unpaired) electrons. The van der Waals surface area contributed by atoms with Crippen molar-refractivity contribution in [1.29, 1.82) is 0 Å². The molecule has 0 fully saturated rings. The molecule has 2 nitrogen and oxygen atoms in total. The van der Waals surface area contributed by atoms with E-state index in [4.69, 9.17) is 11.6 Å². The summed E-state index contributed by atoms with van der Waals surface area (Å²) in [4.78, 5) is 12.3. The molecule has 1 amide bonds. The first-order chi connectivity index (χ1) is 11.6. The van der Waals surface area contributed by atoms with Crippen molar-refractivity contribution in [2.45, 2.75) is 32.4 Å². The van der Waals surface area contributed by atoms with Crippen LogP contribution in [0.1, 0.15) is 30.5 Å². The average Bonchev–Trinajstić information content (AvgIpc) is 2.57. The summed E-state index contributed by atoms with van der Waals surface area (Å²) in [6.07, 6.45) is 1.73. The summed E-state index contributed by atoms with van der Waals surface area (Å²) in [5.74, 6) is 0.212. The van der Waals surface area contributed by atoms with E-state index in [0.29, 0.717) is 16.3 Å². The van der Waals surface area contributed by atoms with Crippen molar-refractivity contribution in [3.05, 3.63) is 63.9 Å². The van der Waals surface area contributed by atoms with E-state index in [0.717, 1.165) is 29.7 Å². The van der Waals surface area contributed by atoms with Crippen molar-refractivity contribution in [3.63, 3.8) is 0 Å². The molecule has 24 heavy (non-hydrogen) atoms. The Bertz CT molecular complexity index is 678. The first-order valence-corrected chi connectivity index (χ1v) is 9.51. The molecule has 0 unspecified atom stereocenters. The summed E-state index contributed by atoms with van der Waals surface area (Å²) in [7, 11) is 0. The standard InChI is InChI=1S/C19H21ClFNOS/c1-3-13-7-5-8-14(4-2)19(13)22-18(23)12-24-11-15-16(20)9-6-10-17(15)21/h5-10H,3-4,11-12H2,1-2H3,(H,22,23). The quantitative estimate of drug-likeness (QED) is 0.704. The van der Waals surface area contributed by atoms with Crippen LogP contribution in [-0.4, -0.2) is 11.7 Å². The first-order valence-electron chi connectivity index (χ1n) is 7.98. The normalized spacial score (nSPS) is 10.7. The van der Waals surface area contributed by atoms with Crippen LogP contribution < -0.4 is 5.32 Å². The Morgan fingerprint density at radius 2 is 1.75 bits per heavy atom. The van der Waals surface area contributed by atoms with E-state index in [-0.39, 0.29) is 17.5 Å². The van der Waals surface area contributed by atoms with E-state index in [1.165, 1.54) is 17.8 Å². The predicted molar refractivity (Wildman–Crippen MR) is 101 cm³/mol. The molecule has 0 heterocycles. The zero-order valence-electron chi connectivity index (χ0n) is 13.9. The van der Waals surface area contributed by atoms with Crippen molar-refractivity contribution in [2.75, 3.05) is 11.1 Å². The summed E-state index contributed by atoms with van der Waals surface area (Å²) >= 11 is 7.35. The third-order valence-corrected chi connectivity index (χ3v) is 5.12. The minimum absolute atomic E-state index is 0.0805. The van der Waals surface area contributed by atoms with Gasteiger partial charge in [0.15, 0.2) is 0 Å². The molecule has 0 saturated heterocycles. The largest absolute Gasteiger partial charge is 0.325 e. The number of carbonyl (C=O) groups excluding carboxylic acids is 1. The maximum Gasteiger partial charge on any atom is 0.234 e. The number of hydrogen-bond acceptors (Lipinski definition) is 2. The molecule has 2 aromatic carbocycles. The van der Waals surface area contributed by atoms with Gasteiger partial charge in [-0.05, 0) is 36.1 Å². The van der Waals surface area contributed by atoms with E-state index in [1.807, 2.05) is 18.2 Å². The molecule has 2 aromatic rings. The maximum absolute atomic E-state index is 13.7. The molecule has 0 aliphatic rings. The van der Waals surface area contributed by atoms with Crippen LogP contribution in [0.4, 0.5) is 10.1 Å². The summed E-state index contributed by atoms with van der Waals surface area (Å²) in [5.41, 5.74) is 3.62. The zero-order chi connectivity index (χ0) is 17.5. The fourth-order valence-electron chi connectivity index (χ4n) is 2.49. The third-order valence-electron chi connectivity index (χ3n) is 3.80. The average molecular weight is 366 g/mol. The van der Waals surface area contributed by atoms with Crippen LogP contribution in [0.25, 0.3) is 0 Å². The van der Waals surface area contributed by atoms with Gasteiger partial charge in [0.2, 0.25) is 5.91 Å². The van der Waals surface area contributed by atoms with Crippen molar-refractivity contribution < 1.29 is 9.18 Å². The monoisotopic (exact) mass is 365 g/mol. The van der Waals surface area contributed by atoms with Crippen LogP contribution in [0.5, 0.6) is 0 Å². The van der Waals surface area contributed by atoms with Crippen molar-refractivity contribution in [2.24, 2.45) is 0 Å². The lowest BCUT2D eigenvalue weighted by Crippen LogP contribution is -2.17. The molecular formula is C19H21ClFNOS. The molecule has 0 aliphatic heterocycles. The highest BCUT2D eigenvalue weighted by atomic mass is 35.5. The maximum atomic E-state index is 13.7. The van der Waals surface area contributed by atoms with Gasteiger partial charge in [0.1, 0.15) is 5.82 Å². The van der Waals surface area contributed by atoms with Gasteiger partial charge in [-0.1, -0.05) is 49.7 Å². The highest BCUT2D eigenvalue weighted by molar-refractivity contribution is 7.99. The van der Waals surface area contributed by atoms with E-state index >= 15 is 0 Å². The Labute approximate surface area is 151 Å². The Kier molecular flexibility index (Phi) is 7.13. The molecule has 0 bridgehead atoms. The lowest BCUT2D eigenvalue weighted by molar-refractivity contribution is -0.113. The number of aryl methyl sites for hydroxylation is 2. The summed E-state index contributed by atoms with van der Waals surface area (Å²) in [5, 5.41) is 3.41. The molecule has 0 saturated carbocycles. The number of rotatable bonds is 7. The molecule has 0 aromatic heterocycles. The van der Waals surface area contributed by atoms with Gasteiger partial charge in [0.25, 0.3) is 0 Å². The highest BCUT2D eigenvalue weighted by Gasteiger charge is 2.12. The summed E-state index contributed by atoms with van der Waals surface area (Å²) in [6, 6.07) is 10.7. The van der Waals surface area contributed by atoms with Gasteiger partial charge < -0.3 is 5.32 Å². The third kappa shape index (κ3) is 4.74. The van der Waals surface area contributed by atoms with E-state index in [9.17, 15) is 9.18 Å². The number of hydrogen-bond donors (Lipinski definition) is 1. The summed E-state index contributed by atoms with van der Waals surface area (Å²) < 4.78 is 13.7. The number of para-hydroxylation sites is 1. The van der Waals surface area contributed by atoms with Crippen molar-refractivity contribution in [1.82, 2.24) is 0 Å². The van der Waals surface area contributed by atoms with E-state index in [2.05, 4.69) is 19.2 Å².